The van der Waals surface area contributed by atoms with Gasteiger partial charge in [-0.2, -0.15) is 0 Å². The molecule has 0 bridgehead atoms. The zero-order chi connectivity index (χ0) is 27.1. The summed E-state index contributed by atoms with van der Waals surface area (Å²) >= 11 is 5.97. The Kier molecular flexibility index (Phi) is 8.81. The fraction of sp³-hybridized carbons (Fsp3) is 0.138. The lowest BCUT2D eigenvalue weighted by atomic mass is 10.1. The first kappa shape index (κ1) is 27.3. The molecule has 38 heavy (non-hydrogen) atoms. The van der Waals surface area contributed by atoms with Crippen molar-refractivity contribution in [2.75, 3.05) is 13.1 Å². The second-order valence-corrected chi connectivity index (χ2v) is 11.0. The molecule has 0 unspecified atom stereocenters. The minimum atomic E-state index is -3.71. The third-order valence-electron chi connectivity index (χ3n) is 5.87. The Morgan fingerprint density at radius 2 is 1.45 bits per heavy atom. The summed E-state index contributed by atoms with van der Waals surface area (Å²) in [5.74, 6) is -0.161. The molecule has 4 aromatic rings. The lowest BCUT2D eigenvalue weighted by molar-refractivity contribution is 0.0697. The van der Waals surface area contributed by atoms with Gasteiger partial charge in [0.1, 0.15) is 11.5 Å². The second kappa shape index (κ2) is 12.2. The highest BCUT2D eigenvalue weighted by molar-refractivity contribution is 7.91. The number of carboxylic acids is 1. The highest BCUT2D eigenvalue weighted by atomic mass is 35.5. The van der Waals surface area contributed by atoms with Crippen LogP contribution in [-0.2, 0) is 16.3 Å². The van der Waals surface area contributed by atoms with E-state index in [0.717, 1.165) is 11.1 Å². The average molecular weight is 552 g/mol. The van der Waals surface area contributed by atoms with Gasteiger partial charge in [0.15, 0.2) is 0 Å². The van der Waals surface area contributed by atoms with Gasteiger partial charge in [0.05, 0.1) is 21.5 Å². The van der Waals surface area contributed by atoms with Crippen LogP contribution in [0.15, 0.2) is 107 Å². The predicted octanol–water partition coefficient (Wildman–Crippen LogP) is 5.53. The van der Waals surface area contributed by atoms with Crippen molar-refractivity contribution in [3.8, 4) is 11.5 Å². The van der Waals surface area contributed by atoms with E-state index in [2.05, 4.69) is 5.32 Å². The van der Waals surface area contributed by atoms with E-state index in [1.807, 2.05) is 6.07 Å². The summed E-state index contributed by atoms with van der Waals surface area (Å²) in [4.78, 5) is 11.3. The molecule has 4 rings (SSSR count). The Morgan fingerprint density at radius 3 is 2.03 bits per heavy atom. The Balaban J connectivity index is 1.31. The molecule has 0 fully saturated rings. The quantitative estimate of drug-likeness (QED) is 0.210. The predicted molar refractivity (Wildman–Crippen MR) is 145 cm³/mol. The largest absolute Gasteiger partial charge is 0.478 e. The molecule has 0 amide bonds. The van der Waals surface area contributed by atoms with E-state index in [9.17, 15) is 18.3 Å². The van der Waals surface area contributed by atoms with E-state index in [0.29, 0.717) is 36.0 Å². The van der Waals surface area contributed by atoms with Crippen LogP contribution < -0.4 is 10.1 Å². The smallest absolute Gasteiger partial charge is 0.335 e. The summed E-state index contributed by atoms with van der Waals surface area (Å²) in [6.45, 7) is 0.990. The van der Waals surface area contributed by atoms with E-state index in [1.165, 1.54) is 36.4 Å². The molecular weight excluding hydrogens is 526 g/mol. The van der Waals surface area contributed by atoms with Gasteiger partial charge in [0, 0.05) is 11.6 Å². The zero-order valence-corrected chi connectivity index (χ0v) is 21.8. The Bertz CT molecular complexity index is 1490. The van der Waals surface area contributed by atoms with E-state index in [1.54, 1.807) is 54.6 Å². The molecule has 3 N–H and O–H groups in total. The molecule has 1 atom stereocenters. The molecule has 0 heterocycles. The number of hydrogen-bond acceptors (Lipinski definition) is 6. The van der Waals surface area contributed by atoms with Gasteiger partial charge in [-0.05, 0) is 96.9 Å². The molecule has 0 aliphatic heterocycles. The van der Waals surface area contributed by atoms with Crippen molar-refractivity contribution in [1.82, 2.24) is 5.32 Å². The van der Waals surface area contributed by atoms with Gasteiger partial charge in [0.2, 0.25) is 9.84 Å². The molecule has 0 aromatic heterocycles. The van der Waals surface area contributed by atoms with Crippen LogP contribution in [0.3, 0.4) is 0 Å². The Morgan fingerprint density at radius 1 is 0.868 bits per heavy atom. The maximum absolute atomic E-state index is 13.1. The van der Waals surface area contributed by atoms with Crippen molar-refractivity contribution in [3.63, 3.8) is 0 Å². The van der Waals surface area contributed by atoms with Crippen molar-refractivity contribution in [1.29, 1.82) is 0 Å². The maximum atomic E-state index is 13.1. The molecule has 9 heteroatoms. The number of aliphatic hydroxyl groups is 1. The van der Waals surface area contributed by atoms with Crippen LogP contribution >= 0.6 is 11.6 Å². The highest BCUT2D eigenvalue weighted by Crippen LogP contribution is 2.26. The van der Waals surface area contributed by atoms with Crippen molar-refractivity contribution in [3.05, 3.63) is 119 Å². The average Bonchev–Trinajstić information content (AvgIpc) is 2.92. The SMILES string of the molecule is O=C(O)c1ccc(Oc2ccc(S(=O)(=O)c3ccc(CCNC[C@H](O)c4cccc(Cl)c4)cc3)cc2)cc1. The van der Waals surface area contributed by atoms with Crippen LogP contribution in [0.25, 0.3) is 0 Å². The topological polar surface area (TPSA) is 113 Å². The highest BCUT2D eigenvalue weighted by Gasteiger charge is 2.18. The van der Waals surface area contributed by atoms with E-state index < -0.39 is 21.9 Å². The minimum absolute atomic E-state index is 0.135. The van der Waals surface area contributed by atoms with Gasteiger partial charge >= 0.3 is 5.97 Å². The molecule has 0 aliphatic rings. The van der Waals surface area contributed by atoms with Crippen molar-refractivity contribution < 1.29 is 28.2 Å². The fourth-order valence-corrected chi connectivity index (χ4v) is 5.22. The summed E-state index contributed by atoms with van der Waals surface area (Å²) in [5.41, 5.74) is 1.86. The van der Waals surface area contributed by atoms with Gasteiger partial charge < -0.3 is 20.3 Å². The van der Waals surface area contributed by atoms with Gasteiger partial charge in [-0.15, -0.1) is 0 Å². The summed E-state index contributed by atoms with van der Waals surface area (Å²) in [7, 11) is -3.71. The van der Waals surface area contributed by atoms with Crippen LogP contribution in [0.2, 0.25) is 5.02 Å². The Labute approximate surface area is 226 Å². The molecule has 4 aromatic carbocycles. The zero-order valence-electron chi connectivity index (χ0n) is 20.2. The Hall–Kier alpha value is -3.69. The number of sulfone groups is 1. The number of aromatic carboxylic acids is 1. The summed E-state index contributed by atoms with van der Waals surface area (Å²) in [5, 5.41) is 23.0. The second-order valence-electron chi connectivity index (χ2n) is 8.58. The lowest BCUT2D eigenvalue weighted by Crippen LogP contribution is -2.23. The molecule has 196 valence electrons. The van der Waals surface area contributed by atoms with Crippen LogP contribution in [0.4, 0.5) is 0 Å². The molecule has 0 spiro atoms. The van der Waals surface area contributed by atoms with Gasteiger partial charge in [-0.25, -0.2) is 13.2 Å². The lowest BCUT2D eigenvalue weighted by Gasteiger charge is -2.13. The van der Waals surface area contributed by atoms with Gasteiger partial charge in [0.25, 0.3) is 0 Å². The normalized spacial score (nSPS) is 12.2. The standard InChI is InChI=1S/C29H26ClNO6S/c30-23-3-1-2-22(18-23)28(32)19-31-17-16-20-4-12-26(13-5-20)38(35,36)27-14-10-25(11-15-27)37-24-8-6-21(7-9-24)29(33)34/h1-15,18,28,31-32H,16-17,19H2,(H,33,34)/t28-/m0/s1. The first-order valence-electron chi connectivity index (χ1n) is 11.8. The first-order valence-corrected chi connectivity index (χ1v) is 13.7. The molecular formula is C29H26ClNO6S. The number of carboxylic acid groups (broad SMARTS) is 1. The van der Waals surface area contributed by atoms with Crippen molar-refractivity contribution in [2.45, 2.75) is 22.3 Å². The third-order valence-corrected chi connectivity index (χ3v) is 7.89. The number of halogens is 1. The van der Waals surface area contributed by atoms with Crippen LogP contribution in [-0.4, -0.2) is 37.7 Å². The monoisotopic (exact) mass is 551 g/mol. The van der Waals surface area contributed by atoms with E-state index in [-0.39, 0.29) is 15.4 Å². The fourth-order valence-electron chi connectivity index (χ4n) is 3.76. The van der Waals surface area contributed by atoms with Gasteiger partial charge in [-0.3, -0.25) is 0 Å². The first-order chi connectivity index (χ1) is 18.2. The van der Waals surface area contributed by atoms with Crippen molar-refractivity contribution in [2.24, 2.45) is 0 Å². The number of nitrogens with one attached hydrogen (secondary N) is 1. The number of carbonyl (C=O) groups is 1. The van der Waals surface area contributed by atoms with E-state index in [4.69, 9.17) is 21.4 Å². The maximum Gasteiger partial charge on any atom is 0.335 e. The molecule has 7 nitrogen and oxygen atoms in total. The number of ether oxygens (including phenoxy) is 1. The molecule has 0 saturated carbocycles. The number of hydrogen-bond donors (Lipinski definition) is 3. The summed E-state index contributed by atoms with van der Waals surface area (Å²) < 4.78 is 31.8. The number of aliphatic hydroxyl groups excluding tert-OH is 1. The van der Waals surface area contributed by atoms with Gasteiger partial charge in [-0.1, -0.05) is 35.9 Å². The van der Waals surface area contributed by atoms with E-state index >= 15 is 0 Å². The number of benzene rings is 4. The molecule has 0 saturated heterocycles. The van der Waals surface area contributed by atoms with Crippen LogP contribution in [0.5, 0.6) is 11.5 Å². The summed E-state index contributed by atoms with van der Waals surface area (Å²) in [6, 6.07) is 25.8. The minimum Gasteiger partial charge on any atom is -0.478 e. The third kappa shape index (κ3) is 6.99. The summed E-state index contributed by atoms with van der Waals surface area (Å²) in [6.07, 6.45) is -0.00212. The number of rotatable bonds is 11. The molecule has 0 aliphatic carbocycles. The molecule has 0 radical (unpaired) electrons. The van der Waals surface area contributed by atoms with Crippen molar-refractivity contribution >= 4 is 27.4 Å². The van der Waals surface area contributed by atoms with Crippen LogP contribution in [0, 0.1) is 0 Å². The van der Waals surface area contributed by atoms with Crippen LogP contribution in [0.1, 0.15) is 27.6 Å².